The molecule has 0 aliphatic carbocycles. The zero-order chi connectivity index (χ0) is 20.0. The summed E-state index contributed by atoms with van der Waals surface area (Å²) in [4.78, 5) is 17.2. The molecule has 1 amide bonds. The number of hydrogen-bond acceptors (Lipinski definition) is 5. The largest absolute Gasteiger partial charge is 0.322 e. The number of rotatable bonds is 9. The highest BCUT2D eigenvalue weighted by atomic mass is 32.2. The van der Waals surface area contributed by atoms with E-state index in [-0.39, 0.29) is 5.91 Å². The van der Waals surface area contributed by atoms with Crippen molar-refractivity contribution >= 4 is 27.0 Å². The van der Waals surface area contributed by atoms with Gasteiger partial charge in [-0.05, 0) is 36.8 Å². The molecule has 3 aromatic rings. The smallest absolute Gasteiger partial charge is 0.261 e. The number of carbonyl (C=O) groups excluding carboxylic acids is 1. The van der Waals surface area contributed by atoms with E-state index in [0.717, 1.165) is 25.7 Å². The van der Waals surface area contributed by atoms with Crippen molar-refractivity contribution in [3.05, 3.63) is 54.5 Å². The van der Waals surface area contributed by atoms with Gasteiger partial charge in [-0.1, -0.05) is 32.6 Å². The monoisotopic (exact) mass is 399 g/mol. The summed E-state index contributed by atoms with van der Waals surface area (Å²) in [5.74, 6) is 0.0558. The number of unbranched alkanes of at least 4 members (excludes halogenated alkanes) is 4. The first-order valence-electron chi connectivity index (χ1n) is 9.47. The average molecular weight is 400 g/mol. The number of nitrogens with zero attached hydrogens (tertiary/aromatic N) is 3. The predicted octanol–water partition coefficient (Wildman–Crippen LogP) is 4.36. The van der Waals surface area contributed by atoms with Crippen molar-refractivity contribution in [1.29, 1.82) is 4.78 Å². The number of carbonyl (C=O) groups is 1. The lowest BCUT2D eigenvalue weighted by molar-refractivity contribution is 0.102. The van der Waals surface area contributed by atoms with Gasteiger partial charge in [0.25, 0.3) is 5.91 Å². The molecule has 148 valence electrons. The fraction of sp³-hybridized carbons (Fsp3) is 0.350. The molecule has 2 heterocycles. The standard InChI is InChI=1S/C20H25N5O2S/c1-2-3-4-5-6-14-28(21,27)17-10-8-16(9-11-17)24-20(26)18-15-23-25-13-7-12-22-19(18)25/h7-13,15,21H,2-6,14H2,1H3,(H,24,26). The van der Waals surface area contributed by atoms with Gasteiger partial charge in [-0.3, -0.25) is 4.79 Å². The van der Waals surface area contributed by atoms with Crippen molar-refractivity contribution < 1.29 is 9.00 Å². The summed E-state index contributed by atoms with van der Waals surface area (Å²) in [6, 6.07) is 8.41. The van der Waals surface area contributed by atoms with Crippen molar-refractivity contribution in [2.75, 3.05) is 11.1 Å². The van der Waals surface area contributed by atoms with Gasteiger partial charge in [-0.15, -0.1) is 0 Å². The highest BCUT2D eigenvalue weighted by Crippen LogP contribution is 2.19. The molecule has 0 saturated heterocycles. The number of benzene rings is 1. The molecule has 0 bridgehead atoms. The van der Waals surface area contributed by atoms with Gasteiger partial charge in [-0.2, -0.15) is 5.10 Å². The Labute approximate surface area is 165 Å². The second kappa shape index (κ2) is 8.97. The van der Waals surface area contributed by atoms with Crippen LogP contribution in [0.4, 0.5) is 5.69 Å². The van der Waals surface area contributed by atoms with Crippen LogP contribution in [-0.2, 0) is 9.73 Å². The SMILES string of the molecule is CCCCCCCS(=N)(=O)c1ccc(NC(=O)c2cnn3cccnc23)cc1. The van der Waals surface area contributed by atoms with Gasteiger partial charge in [0.15, 0.2) is 5.65 Å². The van der Waals surface area contributed by atoms with Crippen LogP contribution >= 0.6 is 0 Å². The Morgan fingerprint density at radius 3 is 2.68 bits per heavy atom. The second-order valence-electron chi connectivity index (χ2n) is 6.72. The second-order valence-corrected chi connectivity index (χ2v) is 8.95. The van der Waals surface area contributed by atoms with E-state index in [4.69, 9.17) is 4.78 Å². The highest BCUT2D eigenvalue weighted by molar-refractivity contribution is 7.92. The Morgan fingerprint density at radius 2 is 1.93 bits per heavy atom. The molecule has 1 unspecified atom stereocenters. The Bertz CT molecular complexity index is 1040. The van der Waals surface area contributed by atoms with E-state index in [9.17, 15) is 9.00 Å². The molecule has 1 atom stereocenters. The molecule has 28 heavy (non-hydrogen) atoms. The Kier molecular flexibility index (Phi) is 6.41. The maximum Gasteiger partial charge on any atom is 0.261 e. The minimum atomic E-state index is -2.80. The summed E-state index contributed by atoms with van der Waals surface area (Å²) >= 11 is 0. The fourth-order valence-corrected chi connectivity index (χ4v) is 4.39. The third-order valence-electron chi connectivity index (χ3n) is 4.55. The Hall–Kier alpha value is -2.74. The first-order chi connectivity index (χ1) is 13.5. The van der Waals surface area contributed by atoms with Crippen LogP contribution in [0.2, 0.25) is 0 Å². The molecule has 7 nitrogen and oxygen atoms in total. The molecule has 8 heteroatoms. The molecule has 1 aromatic carbocycles. The summed E-state index contributed by atoms with van der Waals surface area (Å²) in [6.45, 7) is 2.15. The quantitative estimate of drug-likeness (QED) is 0.522. The molecule has 0 aliphatic heterocycles. The summed E-state index contributed by atoms with van der Waals surface area (Å²) in [7, 11) is -2.80. The van der Waals surface area contributed by atoms with Gasteiger partial charge in [0, 0.05) is 28.7 Å². The lowest BCUT2D eigenvalue weighted by atomic mass is 10.2. The first-order valence-corrected chi connectivity index (χ1v) is 11.2. The van der Waals surface area contributed by atoms with Crippen LogP contribution < -0.4 is 5.32 Å². The van der Waals surface area contributed by atoms with Crippen LogP contribution in [0.5, 0.6) is 0 Å². The molecular formula is C20H25N5O2S. The van der Waals surface area contributed by atoms with E-state index >= 15 is 0 Å². The normalized spacial score (nSPS) is 13.3. The van der Waals surface area contributed by atoms with Gasteiger partial charge in [-0.25, -0.2) is 18.5 Å². The predicted molar refractivity (Wildman–Crippen MR) is 110 cm³/mol. The van der Waals surface area contributed by atoms with Crippen molar-refractivity contribution in [2.45, 2.75) is 43.9 Å². The van der Waals surface area contributed by atoms with Crippen LogP contribution in [0, 0.1) is 4.78 Å². The van der Waals surface area contributed by atoms with Gasteiger partial charge < -0.3 is 5.32 Å². The number of fused-ring (bicyclic) bond motifs is 1. The van der Waals surface area contributed by atoms with Gasteiger partial charge in [0.2, 0.25) is 0 Å². The van der Waals surface area contributed by atoms with Crippen molar-refractivity contribution in [3.8, 4) is 0 Å². The maximum atomic E-state index is 12.6. The maximum absolute atomic E-state index is 12.6. The number of nitrogens with one attached hydrogen (secondary N) is 2. The third kappa shape index (κ3) is 4.75. The molecule has 0 saturated carbocycles. The summed E-state index contributed by atoms with van der Waals surface area (Å²) in [5.41, 5.74) is 1.43. The fourth-order valence-electron chi connectivity index (χ4n) is 2.97. The number of aromatic nitrogens is 3. The van der Waals surface area contributed by atoms with Crippen LogP contribution in [0.3, 0.4) is 0 Å². The zero-order valence-electron chi connectivity index (χ0n) is 15.9. The van der Waals surface area contributed by atoms with E-state index < -0.39 is 9.73 Å². The van der Waals surface area contributed by atoms with E-state index in [1.807, 2.05) is 0 Å². The molecule has 0 fully saturated rings. The Balaban J connectivity index is 1.63. The molecule has 3 rings (SSSR count). The van der Waals surface area contributed by atoms with Crippen molar-refractivity contribution in [2.24, 2.45) is 0 Å². The lowest BCUT2D eigenvalue weighted by Crippen LogP contribution is -2.12. The zero-order valence-corrected chi connectivity index (χ0v) is 16.7. The molecular weight excluding hydrogens is 374 g/mol. The van der Waals surface area contributed by atoms with Crippen LogP contribution in [-0.4, -0.2) is 30.5 Å². The topological polar surface area (TPSA) is 100 Å². The summed E-state index contributed by atoms with van der Waals surface area (Å²) < 4.78 is 22.4. The van der Waals surface area contributed by atoms with E-state index in [2.05, 4.69) is 22.3 Å². The van der Waals surface area contributed by atoms with Crippen LogP contribution in [0.25, 0.3) is 5.65 Å². The van der Waals surface area contributed by atoms with E-state index in [1.54, 1.807) is 42.7 Å². The van der Waals surface area contributed by atoms with Gasteiger partial charge >= 0.3 is 0 Å². The minimum absolute atomic E-state index is 0.316. The van der Waals surface area contributed by atoms with E-state index in [1.165, 1.54) is 17.1 Å². The van der Waals surface area contributed by atoms with Crippen molar-refractivity contribution in [3.63, 3.8) is 0 Å². The molecule has 2 aromatic heterocycles. The van der Waals surface area contributed by atoms with Crippen molar-refractivity contribution in [1.82, 2.24) is 14.6 Å². The Morgan fingerprint density at radius 1 is 1.18 bits per heavy atom. The minimum Gasteiger partial charge on any atom is -0.322 e. The van der Waals surface area contributed by atoms with Gasteiger partial charge in [0.05, 0.1) is 15.9 Å². The average Bonchev–Trinajstić information content (AvgIpc) is 3.12. The van der Waals surface area contributed by atoms with Crippen LogP contribution in [0.1, 0.15) is 49.4 Å². The molecule has 0 spiro atoms. The third-order valence-corrected chi connectivity index (χ3v) is 6.45. The molecule has 0 radical (unpaired) electrons. The first kappa shape index (κ1) is 20.0. The summed E-state index contributed by atoms with van der Waals surface area (Å²) in [5, 5.41) is 6.90. The van der Waals surface area contributed by atoms with E-state index in [0.29, 0.717) is 27.5 Å². The number of amides is 1. The number of hydrogen-bond donors (Lipinski definition) is 2. The van der Waals surface area contributed by atoms with Gasteiger partial charge in [0.1, 0.15) is 5.56 Å². The van der Waals surface area contributed by atoms with Crippen LogP contribution in [0.15, 0.2) is 53.8 Å². The molecule has 0 aliphatic rings. The highest BCUT2D eigenvalue weighted by Gasteiger charge is 2.15. The summed E-state index contributed by atoms with van der Waals surface area (Å²) in [6.07, 6.45) is 10.1. The number of anilines is 1. The lowest BCUT2D eigenvalue weighted by Gasteiger charge is -2.09. The molecule has 2 N–H and O–H groups in total.